The van der Waals surface area contributed by atoms with Gasteiger partial charge in [0.15, 0.2) is 36.3 Å². The number of nitrogens with two attached hydrogens (primary N) is 1. The van der Waals surface area contributed by atoms with E-state index in [4.69, 9.17) is 62.6 Å². The first-order chi connectivity index (χ1) is 56.3. The fraction of sp³-hybridized carbons (Fsp3) is 0.809. The van der Waals surface area contributed by atoms with Crippen LogP contribution in [0.1, 0.15) is 69.7 Å². The van der Waals surface area contributed by atoms with Gasteiger partial charge in [0.1, 0.15) is 85.3 Å². The van der Waals surface area contributed by atoms with Crippen LogP contribution in [0.2, 0.25) is 0 Å². The van der Waals surface area contributed by atoms with Gasteiger partial charge in [-0.3, -0.25) is 33.8 Å². The summed E-state index contributed by atoms with van der Waals surface area (Å²) in [6.07, 6.45) is -11.9. The number of aliphatic hydroxyl groups excluding tert-OH is 12. The molecule has 660 valence electrons. The molecule has 9 rings (SSSR count). The van der Waals surface area contributed by atoms with Gasteiger partial charge in [-0.25, -0.2) is 18.7 Å². The Morgan fingerprint density at radius 3 is 1.20 bits per heavy atom. The van der Waals surface area contributed by atoms with E-state index in [0.29, 0.717) is 48.6 Å². The van der Waals surface area contributed by atoms with E-state index in [0.717, 1.165) is 0 Å². The minimum absolute atomic E-state index is 0.0268. The summed E-state index contributed by atoms with van der Waals surface area (Å²) in [6, 6.07) is -4.23. The number of carbonyl (C=O) groups excluding carboxylic acids is 5. The molecule has 21 atom stereocenters. The number of unbranched alkanes of at least 4 members (excludes halogenated alkanes) is 1. The van der Waals surface area contributed by atoms with Gasteiger partial charge in [-0.1, -0.05) is 27.3 Å². The highest BCUT2D eigenvalue weighted by atomic mass is 16.7. The molecule has 4 aromatic rings. The van der Waals surface area contributed by atoms with Crippen LogP contribution in [0.4, 0.5) is 0 Å². The van der Waals surface area contributed by atoms with E-state index in [1.54, 1.807) is 43.5 Å². The molecular formula is C68H114N20O29. The maximum Gasteiger partial charge on any atom is 0.237 e. The number of hydrogen-bond donors (Lipinski definition) is 18. The van der Waals surface area contributed by atoms with Gasteiger partial charge in [0.25, 0.3) is 0 Å². The average molecular weight is 1680 g/mol. The number of nitrogens with zero attached hydrogens (tertiary/aromatic N) is 14. The van der Waals surface area contributed by atoms with E-state index in [1.165, 1.54) is 27.7 Å². The van der Waals surface area contributed by atoms with Crippen molar-refractivity contribution in [2.75, 3.05) is 125 Å². The predicted molar refractivity (Wildman–Crippen MR) is 390 cm³/mol. The molecule has 4 aliphatic heterocycles. The zero-order valence-electron chi connectivity index (χ0n) is 65.6. The van der Waals surface area contributed by atoms with Crippen molar-refractivity contribution >= 4 is 29.5 Å². The Hall–Kier alpha value is -7.17. The summed E-state index contributed by atoms with van der Waals surface area (Å²) in [5.41, 5.74) is 4.89. The first-order valence-electron chi connectivity index (χ1n) is 38.7. The first-order valence-corrected chi connectivity index (χ1v) is 38.7. The van der Waals surface area contributed by atoms with Gasteiger partial charge in [0.05, 0.1) is 161 Å². The highest BCUT2D eigenvalue weighted by Gasteiger charge is 2.85. The number of ether oxygens (including phenoxy) is 12. The van der Waals surface area contributed by atoms with E-state index in [2.05, 4.69) is 72.7 Å². The second kappa shape index (κ2) is 46.0. The molecule has 5 fully saturated rings. The summed E-state index contributed by atoms with van der Waals surface area (Å²) in [4.78, 5) is 66.5. The molecule has 0 bridgehead atoms. The van der Waals surface area contributed by atoms with Crippen LogP contribution in [0.15, 0.2) is 24.8 Å². The van der Waals surface area contributed by atoms with Crippen molar-refractivity contribution in [3.8, 4) is 0 Å². The second-order valence-corrected chi connectivity index (χ2v) is 28.8. The van der Waals surface area contributed by atoms with Crippen molar-refractivity contribution in [2.24, 2.45) is 5.73 Å². The van der Waals surface area contributed by atoms with Crippen LogP contribution in [0, 0.1) is 0 Å². The van der Waals surface area contributed by atoms with Crippen molar-refractivity contribution in [3.05, 3.63) is 47.6 Å². The minimum Gasteiger partial charge on any atom is -0.394 e. The molecule has 5 amide bonds. The molecular weight excluding hydrogens is 1560 g/mol. The zero-order chi connectivity index (χ0) is 84.3. The van der Waals surface area contributed by atoms with Crippen LogP contribution in [0.25, 0.3) is 0 Å². The van der Waals surface area contributed by atoms with Gasteiger partial charge in [0, 0.05) is 91.8 Å². The molecule has 49 heteroatoms. The van der Waals surface area contributed by atoms with Crippen molar-refractivity contribution in [3.63, 3.8) is 0 Å². The van der Waals surface area contributed by atoms with Gasteiger partial charge in [-0.05, 0) is 19.4 Å². The molecule has 20 unspecified atom stereocenters. The molecule has 19 N–H and O–H groups in total. The molecule has 0 radical (unpaired) electrons. The molecule has 117 heavy (non-hydrogen) atoms. The van der Waals surface area contributed by atoms with Crippen LogP contribution in [0.5, 0.6) is 0 Å². The molecule has 4 saturated heterocycles. The predicted octanol–water partition coefficient (Wildman–Crippen LogP) is -12.0. The number of hydrogen-bond acceptors (Lipinski definition) is 40. The van der Waals surface area contributed by atoms with E-state index in [9.17, 15) is 85.3 Å². The minimum atomic E-state index is -1.62. The SMILES string of the molecule is CC(=O)NC1C(OCCOCCn2cc(CN(CCCC[C@@H](C(=O)NCCN)N(Cc3cn(CCOCCOC4OC(CO)C(O)C(O)C4NC(C)=O)nn3)Cc3cn(CCOCCOC4OC(CO)C(O)C(O)C4NC(C)=O)nn3)Cc3cn(CCOCCOC4OC5(CO)C(O)C(O)C45NC(C)=O)nn3)nn2)OC(CO)C(O)C1O. The number of fused-ring (bicyclic) bond motifs is 1. The second-order valence-electron chi connectivity index (χ2n) is 28.8. The monoisotopic (exact) mass is 1670 g/mol. The van der Waals surface area contributed by atoms with Crippen LogP contribution in [-0.2, 0) is 133 Å². The van der Waals surface area contributed by atoms with E-state index in [1.807, 2.05) is 4.90 Å². The van der Waals surface area contributed by atoms with Crippen molar-refractivity contribution in [1.29, 1.82) is 0 Å². The molecule has 5 aliphatic rings. The topological polar surface area (TPSA) is 654 Å². The smallest absolute Gasteiger partial charge is 0.237 e. The lowest BCUT2D eigenvalue weighted by Crippen LogP contribution is -3.00. The lowest BCUT2D eigenvalue weighted by molar-refractivity contribution is -0.475. The summed E-state index contributed by atoms with van der Waals surface area (Å²) < 4.78 is 75.3. The summed E-state index contributed by atoms with van der Waals surface area (Å²) in [5.74, 6) is -2.37. The Labute approximate surface area is 671 Å². The maximum atomic E-state index is 14.6. The van der Waals surface area contributed by atoms with Gasteiger partial charge < -0.3 is 150 Å². The van der Waals surface area contributed by atoms with Crippen molar-refractivity contribution in [2.45, 2.75) is 227 Å². The van der Waals surface area contributed by atoms with E-state index in [-0.39, 0.29) is 151 Å². The fourth-order valence-electron chi connectivity index (χ4n) is 14.3. The van der Waals surface area contributed by atoms with Crippen LogP contribution in [-0.4, -0.2) is 414 Å². The van der Waals surface area contributed by atoms with Crippen molar-refractivity contribution in [1.82, 2.24) is 96.4 Å². The van der Waals surface area contributed by atoms with E-state index >= 15 is 0 Å². The average Bonchev–Trinajstić information content (AvgIpc) is 0.763. The Bertz CT molecular complexity index is 3510. The Balaban J connectivity index is 0.842. The zero-order valence-corrected chi connectivity index (χ0v) is 65.6. The molecule has 49 nitrogen and oxygen atoms in total. The molecule has 0 spiro atoms. The lowest BCUT2D eigenvalue weighted by Gasteiger charge is -2.73. The van der Waals surface area contributed by atoms with E-state index < -0.39 is 178 Å². The highest BCUT2D eigenvalue weighted by Crippen LogP contribution is 2.57. The first kappa shape index (κ1) is 93.7. The highest BCUT2D eigenvalue weighted by molar-refractivity contribution is 5.81. The van der Waals surface area contributed by atoms with Crippen LogP contribution in [0.3, 0.4) is 0 Å². The fourth-order valence-corrected chi connectivity index (χ4v) is 14.3. The summed E-state index contributed by atoms with van der Waals surface area (Å²) in [5, 5.41) is 172. The van der Waals surface area contributed by atoms with Gasteiger partial charge in [-0.2, -0.15) is 0 Å². The molecule has 8 heterocycles. The number of nitrogens with one attached hydrogen (secondary N) is 5. The maximum absolute atomic E-state index is 14.6. The van der Waals surface area contributed by atoms with Crippen molar-refractivity contribution < 1.29 is 142 Å². The quantitative estimate of drug-likeness (QED) is 0.0183. The lowest BCUT2D eigenvalue weighted by atomic mass is 9.53. The number of rotatable bonds is 53. The molecule has 4 aromatic heterocycles. The molecule has 1 aliphatic carbocycles. The number of amides is 5. The Morgan fingerprint density at radius 1 is 0.487 bits per heavy atom. The summed E-state index contributed by atoms with van der Waals surface area (Å²) >= 11 is 0. The standard InChI is InChI=1S/C68H114N20O29/c1-39(93)71-51-57(100)54(97)48(35-89)114-63(51)110-23-19-106-15-11-85-31-43(75-79-85)27-83(28-44-32-86(80-76-44)12-18-109-22-26-113-66-68(74-42(4)96)61(104)60(103)67(68,38-92)117-66)10-6-5-7-47(62(105)70-9-8-69)84(29-45-33-87(81-77-45)13-16-107-20-24-111-64-52(72-40(2)94)58(101)55(98)49(36-90)115-64)30-46-34-88(82-78-46)14-17-108-21-25-112-65-53(73-41(3)95)59(102)56(99)50(37-91)116-65/h31-34,47-61,63-66,89-92,97-104H,5-30,35-38,69H2,1-4H3,(H,70,105)(H,71,93)(H,72,94)(H,73,95)(H,74,96)/t47-,48?,49?,50?,51?,52?,53?,54?,55?,56?,57?,58?,59?,60?,61?,63?,64?,65?,66?,67?,68?/m0/s1. The third-order valence-corrected chi connectivity index (χ3v) is 20.1. The van der Waals surface area contributed by atoms with Crippen LogP contribution >= 0.6 is 0 Å². The van der Waals surface area contributed by atoms with Gasteiger partial charge in [-0.15, -0.1) is 20.4 Å². The third kappa shape index (κ3) is 25.2. The molecule has 1 saturated carbocycles. The van der Waals surface area contributed by atoms with Crippen LogP contribution < -0.4 is 32.3 Å². The summed E-state index contributed by atoms with van der Waals surface area (Å²) in [7, 11) is 0. The largest absolute Gasteiger partial charge is 0.394 e. The number of carbonyl (C=O) groups is 5. The molecule has 0 aromatic carbocycles. The Kier molecular flexibility index (Phi) is 36.8. The normalized spacial score (nSPS) is 29.2. The van der Waals surface area contributed by atoms with Gasteiger partial charge >= 0.3 is 0 Å². The third-order valence-electron chi connectivity index (χ3n) is 20.1. The summed E-state index contributed by atoms with van der Waals surface area (Å²) in [6.45, 7) is 5.31. The Morgan fingerprint density at radius 2 is 0.855 bits per heavy atom. The van der Waals surface area contributed by atoms with Gasteiger partial charge in [0.2, 0.25) is 29.5 Å². The number of aromatic nitrogens is 12. The number of aliphatic hydroxyl groups is 12.